The molecule has 0 spiro atoms. The number of halogens is 2. The first-order chi connectivity index (χ1) is 8.86. The lowest BCUT2D eigenvalue weighted by atomic mass is 10.0. The van der Waals surface area contributed by atoms with Crippen molar-refractivity contribution in [3.63, 3.8) is 0 Å². The fourth-order valence-corrected chi connectivity index (χ4v) is 2.05. The average molecular weight is 292 g/mol. The van der Waals surface area contributed by atoms with Crippen molar-refractivity contribution in [3.8, 4) is 5.75 Å². The smallest absolute Gasteiger partial charge is 0.190 e. The van der Waals surface area contributed by atoms with Crippen LogP contribution in [0.1, 0.15) is 18.6 Å². The summed E-state index contributed by atoms with van der Waals surface area (Å²) >= 11 is 0.817. The van der Waals surface area contributed by atoms with Gasteiger partial charge in [-0.05, 0) is 17.7 Å². The van der Waals surface area contributed by atoms with Gasteiger partial charge in [0.15, 0.2) is 22.5 Å². The third-order valence-electron chi connectivity index (χ3n) is 2.39. The van der Waals surface area contributed by atoms with Gasteiger partial charge in [-0.3, -0.25) is 4.79 Å². The molecule has 0 saturated heterocycles. The molecule has 0 fully saturated rings. The van der Waals surface area contributed by atoms with Crippen LogP contribution in [-0.2, 0) is 4.79 Å². The number of carbonyl (C=O) groups is 1. The first-order valence-corrected chi connectivity index (χ1v) is 6.37. The van der Waals surface area contributed by atoms with Crippen molar-refractivity contribution in [1.82, 2.24) is 0 Å². The summed E-state index contributed by atoms with van der Waals surface area (Å²) in [5.41, 5.74) is -0.118. The Hall–Kier alpha value is -1.18. The Labute approximate surface area is 113 Å². The highest BCUT2D eigenvalue weighted by molar-refractivity contribution is 8.13. The molecule has 2 atom stereocenters. The second kappa shape index (κ2) is 6.83. The highest BCUT2D eigenvalue weighted by atomic mass is 32.2. The summed E-state index contributed by atoms with van der Waals surface area (Å²) in [6.07, 6.45) is -2.79. The minimum absolute atomic E-state index is 0.0637. The van der Waals surface area contributed by atoms with Crippen LogP contribution in [-0.4, -0.2) is 34.3 Å². The first kappa shape index (κ1) is 15.9. The van der Waals surface area contributed by atoms with Crippen molar-refractivity contribution in [2.75, 3.05) is 12.9 Å². The van der Waals surface area contributed by atoms with Gasteiger partial charge in [0.2, 0.25) is 0 Å². The molecule has 7 heteroatoms. The molecule has 0 bridgehead atoms. The molecule has 2 N–H and O–H groups in total. The second-order valence-corrected chi connectivity index (χ2v) is 5.03. The highest BCUT2D eigenvalue weighted by Gasteiger charge is 2.22. The molecular formula is C12H14F2O4S. The molecule has 2 unspecified atom stereocenters. The minimum atomic E-state index is -1.48. The van der Waals surface area contributed by atoms with Gasteiger partial charge in [0.25, 0.3) is 0 Å². The van der Waals surface area contributed by atoms with E-state index >= 15 is 0 Å². The molecule has 0 aliphatic rings. The van der Waals surface area contributed by atoms with Gasteiger partial charge in [0, 0.05) is 12.7 Å². The number of rotatable bonds is 5. The Morgan fingerprint density at radius 3 is 2.32 bits per heavy atom. The maximum atomic E-state index is 13.4. The van der Waals surface area contributed by atoms with E-state index < -0.39 is 29.6 Å². The van der Waals surface area contributed by atoms with Gasteiger partial charge in [0.1, 0.15) is 6.10 Å². The standard InChI is InChI=1S/C12H14F2O4S/c1-6(15)19-5-10(16)11(17)7-3-8(13)12(18-2)9(14)4-7/h3-4,10-11,16-17H,5H2,1-2H3. The Morgan fingerprint density at radius 1 is 1.37 bits per heavy atom. The predicted molar refractivity (Wildman–Crippen MR) is 67.0 cm³/mol. The molecule has 0 heterocycles. The van der Waals surface area contributed by atoms with E-state index in [4.69, 9.17) is 0 Å². The summed E-state index contributed by atoms with van der Waals surface area (Å²) < 4.78 is 31.4. The zero-order chi connectivity index (χ0) is 14.6. The quantitative estimate of drug-likeness (QED) is 0.863. The van der Waals surface area contributed by atoms with Crippen LogP contribution < -0.4 is 4.74 Å². The highest BCUT2D eigenvalue weighted by Crippen LogP contribution is 2.28. The zero-order valence-corrected chi connectivity index (χ0v) is 11.2. The van der Waals surface area contributed by atoms with Crippen molar-refractivity contribution in [1.29, 1.82) is 0 Å². The molecule has 0 aromatic heterocycles. The van der Waals surface area contributed by atoms with E-state index in [1.165, 1.54) is 6.92 Å². The van der Waals surface area contributed by atoms with Gasteiger partial charge in [-0.25, -0.2) is 8.78 Å². The molecule has 0 radical (unpaired) electrons. The van der Waals surface area contributed by atoms with Crippen molar-refractivity contribution in [2.24, 2.45) is 0 Å². The number of thioether (sulfide) groups is 1. The molecule has 0 amide bonds. The summed E-state index contributed by atoms with van der Waals surface area (Å²) in [6.45, 7) is 1.32. The maximum Gasteiger partial charge on any atom is 0.190 e. The molecule has 4 nitrogen and oxygen atoms in total. The third-order valence-corrected chi connectivity index (χ3v) is 3.30. The molecular weight excluding hydrogens is 278 g/mol. The number of aliphatic hydroxyl groups excluding tert-OH is 2. The number of ether oxygens (including phenoxy) is 1. The molecule has 1 aromatic carbocycles. The number of aliphatic hydroxyl groups is 2. The SMILES string of the molecule is COc1c(F)cc(C(O)C(O)CSC(C)=O)cc1F. The Morgan fingerprint density at radius 2 is 1.89 bits per heavy atom. The lowest BCUT2D eigenvalue weighted by Crippen LogP contribution is -2.21. The van der Waals surface area contributed by atoms with Crippen LogP contribution >= 0.6 is 11.8 Å². The van der Waals surface area contributed by atoms with E-state index in [1.807, 2.05) is 0 Å². The van der Waals surface area contributed by atoms with Crippen LogP contribution in [0.4, 0.5) is 8.78 Å². The van der Waals surface area contributed by atoms with E-state index in [1.54, 1.807) is 0 Å². The second-order valence-electron chi connectivity index (χ2n) is 3.83. The summed E-state index contributed by atoms with van der Waals surface area (Å²) in [4.78, 5) is 10.7. The summed E-state index contributed by atoms with van der Waals surface area (Å²) in [7, 11) is 1.12. The van der Waals surface area contributed by atoms with Gasteiger partial charge in [-0.2, -0.15) is 0 Å². The van der Waals surface area contributed by atoms with Crippen LogP contribution in [0.15, 0.2) is 12.1 Å². The molecule has 0 aliphatic heterocycles. The minimum Gasteiger partial charge on any atom is -0.491 e. The van der Waals surface area contributed by atoms with Crippen molar-refractivity contribution < 1.29 is 28.5 Å². The van der Waals surface area contributed by atoms with Crippen molar-refractivity contribution >= 4 is 16.9 Å². The van der Waals surface area contributed by atoms with Crippen LogP contribution in [0.2, 0.25) is 0 Å². The molecule has 1 aromatic rings. The number of hydrogen-bond donors (Lipinski definition) is 2. The lowest BCUT2D eigenvalue weighted by Gasteiger charge is -2.18. The van der Waals surface area contributed by atoms with Crippen molar-refractivity contribution in [2.45, 2.75) is 19.1 Å². The monoisotopic (exact) mass is 292 g/mol. The van der Waals surface area contributed by atoms with E-state index in [0.29, 0.717) is 0 Å². The number of carbonyl (C=O) groups excluding carboxylic acids is 1. The summed E-state index contributed by atoms with van der Waals surface area (Å²) in [6, 6.07) is 1.77. The van der Waals surface area contributed by atoms with Gasteiger partial charge < -0.3 is 14.9 Å². The molecule has 19 heavy (non-hydrogen) atoms. The lowest BCUT2D eigenvalue weighted by molar-refractivity contribution is -0.109. The molecule has 0 aliphatic carbocycles. The summed E-state index contributed by atoms with van der Waals surface area (Å²) in [5.74, 6) is -2.55. The van der Waals surface area contributed by atoms with Crippen molar-refractivity contribution in [3.05, 3.63) is 29.3 Å². The Balaban J connectivity index is 2.87. The molecule has 0 saturated carbocycles. The maximum absolute atomic E-state index is 13.4. The van der Waals surface area contributed by atoms with Gasteiger partial charge >= 0.3 is 0 Å². The van der Waals surface area contributed by atoms with Gasteiger partial charge in [-0.1, -0.05) is 11.8 Å². The number of benzene rings is 1. The van der Waals surface area contributed by atoms with E-state index in [2.05, 4.69) is 4.74 Å². The van der Waals surface area contributed by atoms with E-state index in [-0.39, 0.29) is 16.4 Å². The van der Waals surface area contributed by atoms with E-state index in [0.717, 1.165) is 31.0 Å². The average Bonchev–Trinajstić information content (AvgIpc) is 2.34. The normalized spacial score (nSPS) is 14.0. The van der Waals surface area contributed by atoms with Gasteiger partial charge in [0.05, 0.1) is 13.2 Å². The molecule has 1 rings (SSSR count). The van der Waals surface area contributed by atoms with E-state index in [9.17, 15) is 23.8 Å². The van der Waals surface area contributed by atoms with Gasteiger partial charge in [-0.15, -0.1) is 0 Å². The summed E-state index contributed by atoms with van der Waals surface area (Å²) in [5, 5.41) is 19.2. The topological polar surface area (TPSA) is 66.8 Å². The fraction of sp³-hybridized carbons (Fsp3) is 0.417. The zero-order valence-electron chi connectivity index (χ0n) is 10.4. The molecule has 106 valence electrons. The van der Waals surface area contributed by atoms with Crippen LogP contribution in [0.3, 0.4) is 0 Å². The largest absolute Gasteiger partial charge is 0.491 e. The first-order valence-electron chi connectivity index (χ1n) is 5.39. The third kappa shape index (κ3) is 4.15. The Bertz CT molecular complexity index is 444. The Kier molecular flexibility index (Phi) is 5.71. The number of hydrogen-bond acceptors (Lipinski definition) is 5. The fourth-order valence-electron chi connectivity index (χ4n) is 1.46. The predicted octanol–water partition coefficient (Wildman–Crippen LogP) is 1.65. The van der Waals surface area contributed by atoms with Crippen LogP contribution in [0.5, 0.6) is 5.75 Å². The van der Waals surface area contributed by atoms with Crippen LogP contribution in [0, 0.1) is 11.6 Å². The number of methoxy groups -OCH3 is 1. The van der Waals surface area contributed by atoms with Crippen LogP contribution in [0.25, 0.3) is 0 Å².